The van der Waals surface area contributed by atoms with Crippen LogP contribution in [0.4, 0.5) is 5.69 Å². The van der Waals surface area contributed by atoms with Crippen LogP contribution >= 0.6 is 11.6 Å². The topological polar surface area (TPSA) is 75.4 Å². The van der Waals surface area contributed by atoms with Crippen molar-refractivity contribution in [1.82, 2.24) is 5.32 Å². The second-order valence-corrected chi connectivity index (χ2v) is 4.77. The number of hydrogen-bond acceptors (Lipinski definition) is 4. The van der Waals surface area contributed by atoms with E-state index in [-0.39, 0.29) is 24.3 Å². The molecule has 5 nitrogen and oxygen atoms in total. The van der Waals surface area contributed by atoms with Gasteiger partial charge < -0.3 is 10.4 Å². The Bertz CT molecular complexity index is 426. The standard InChI is InChI=1S/C12H17ClN2O3/c1-8(7-16)9(2)14-6-10-3-4-11(15(17)18)5-12(10)13/h3-5,8-9,14,16H,6-7H2,1-2H3. The first-order valence-corrected chi connectivity index (χ1v) is 6.10. The zero-order chi connectivity index (χ0) is 13.7. The Morgan fingerprint density at radius 1 is 1.50 bits per heavy atom. The zero-order valence-electron chi connectivity index (χ0n) is 10.4. The minimum Gasteiger partial charge on any atom is -0.396 e. The van der Waals surface area contributed by atoms with Crippen LogP contribution < -0.4 is 5.32 Å². The molecule has 6 heteroatoms. The van der Waals surface area contributed by atoms with Crippen molar-refractivity contribution < 1.29 is 10.0 Å². The summed E-state index contributed by atoms with van der Waals surface area (Å²) in [7, 11) is 0. The first-order chi connectivity index (χ1) is 8.45. The summed E-state index contributed by atoms with van der Waals surface area (Å²) in [6.07, 6.45) is 0. The minimum absolute atomic E-state index is 0.0134. The maximum Gasteiger partial charge on any atom is 0.270 e. The molecule has 1 aromatic rings. The lowest BCUT2D eigenvalue weighted by Gasteiger charge is -2.19. The van der Waals surface area contributed by atoms with Crippen LogP contribution in [0.15, 0.2) is 18.2 Å². The summed E-state index contributed by atoms with van der Waals surface area (Å²) in [5.41, 5.74) is 0.791. The average molecular weight is 273 g/mol. The van der Waals surface area contributed by atoms with Crippen molar-refractivity contribution in [2.24, 2.45) is 5.92 Å². The lowest BCUT2D eigenvalue weighted by atomic mass is 10.0. The molecule has 2 unspecified atom stereocenters. The van der Waals surface area contributed by atoms with Gasteiger partial charge in [0.1, 0.15) is 0 Å². The molecule has 0 fully saturated rings. The van der Waals surface area contributed by atoms with Crippen molar-refractivity contribution in [3.8, 4) is 0 Å². The van der Waals surface area contributed by atoms with E-state index in [9.17, 15) is 10.1 Å². The number of hydrogen-bond donors (Lipinski definition) is 2. The summed E-state index contributed by atoms with van der Waals surface area (Å²) in [6, 6.07) is 4.56. The molecule has 18 heavy (non-hydrogen) atoms. The normalized spacial score (nSPS) is 14.2. The summed E-state index contributed by atoms with van der Waals surface area (Å²) < 4.78 is 0. The van der Waals surface area contributed by atoms with Crippen LogP contribution in [0.3, 0.4) is 0 Å². The highest BCUT2D eigenvalue weighted by molar-refractivity contribution is 6.31. The van der Waals surface area contributed by atoms with Crippen LogP contribution in [-0.4, -0.2) is 22.7 Å². The van der Waals surface area contributed by atoms with E-state index in [1.54, 1.807) is 6.07 Å². The van der Waals surface area contributed by atoms with Crippen molar-refractivity contribution in [2.75, 3.05) is 6.61 Å². The fourth-order valence-corrected chi connectivity index (χ4v) is 1.66. The monoisotopic (exact) mass is 272 g/mol. The zero-order valence-corrected chi connectivity index (χ0v) is 11.1. The van der Waals surface area contributed by atoms with E-state index in [0.29, 0.717) is 11.6 Å². The highest BCUT2D eigenvalue weighted by atomic mass is 35.5. The first-order valence-electron chi connectivity index (χ1n) is 5.72. The number of rotatable bonds is 6. The number of nitro benzene ring substituents is 1. The third-order valence-electron chi connectivity index (χ3n) is 3.00. The molecule has 0 aliphatic rings. The molecule has 0 radical (unpaired) electrons. The largest absolute Gasteiger partial charge is 0.396 e. The quantitative estimate of drug-likeness (QED) is 0.616. The Kier molecular flexibility index (Phi) is 5.53. The molecule has 1 aromatic carbocycles. The Labute approximate surface area is 111 Å². The van der Waals surface area contributed by atoms with Crippen molar-refractivity contribution >= 4 is 17.3 Å². The SMILES string of the molecule is CC(CO)C(C)NCc1ccc([N+](=O)[O-])cc1Cl. The molecule has 0 bridgehead atoms. The number of halogens is 1. The van der Waals surface area contributed by atoms with Crippen molar-refractivity contribution in [1.29, 1.82) is 0 Å². The Morgan fingerprint density at radius 2 is 2.17 bits per heavy atom. The molecular weight excluding hydrogens is 256 g/mol. The molecule has 0 saturated carbocycles. The number of aliphatic hydroxyl groups excluding tert-OH is 1. The van der Waals surface area contributed by atoms with E-state index < -0.39 is 4.92 Å². The lowest BCUT2D eigenvalue weighted by molar-refractivity contribution is -0.384. The molecular formula is C12H17ClN2O3. The van der Waals surface area contributed by atoms with E-state index in [4.69, 9.17) is 16.7 Å². The molecule has 0 spiro atoms. The molecule has 0 aromatic heterocycles. The molecule has 0 heterocycles. The van der Waals surface area contributed by atoms with Crippen molar-refractivity contribution in [3.63, 3.8) is 0 Å². The molecule has 0 saturated heterocycles. The van der Waals surface area contributed by atoms with Gasteiger partial charge in [-0.25, -0.2) is 0 Å². The van der Waals surface area contributed by atoms with Crippen LogP contribution in [0.1, 0.15) is 19.4 Å². The van der Waals surface area contributed by atoms with Gasteiger partial charge in [0.25, 0.3) is 5.69 Å². The van der Waals surface area contributed by atoms with Gasteiger partial charge in [-0.2, -0.15) is 0 Å². The molecule has 0 amide bonds. The highest BCUT2D eigenvalue weighted by Gasteiger charge is 2.13. The average Bonchev–Trinajstić information content (AvgIpc) is 2.35. The van der Waals surface area contributed by atoms with Gasteiger partial charge in [-0.05, 0) is 24.5 Å². The smallest absolute Gasteiger partial charge is 0.270 e. The summed E-state index contributed by atoms with van der Waals surface area (Å²) in [4.78, 5) is 10.1. The number of nitrogens with zero attached hydrogens (tertiary/aromatic N) is 1. The number of nitro groups is 1. The maximum absolute atomic E-state index is 10.6. The summed E-state index contributed by atoms with van der Waals surface area (Å²) in [6.45, 7) is 4.54. The van der Waals surface area contributed by atoms with Gasteiger partial charge in [-0.3, -0.25) is 10.1 Å². The summed E-state index contributed by atoms with van der Waals surface area (Å²) >= 11 is 5.98. The van der Waals surface area contributed by atoms with Crippen molar-refractivity contribution in [3.05, 3.63) is 38.9 Å². The third kappa shape index (κ3) is 3.94. The second kappa shape index (κ2) is 6.68. The minimum atomic E-state index is -0.473. The highest BCUT2D eigenvalue weighted by Crippen LogP contribution is 2.22. The summed E-state index contributed by atoms with van der Waals surface area (Å²) in [5, 5.41) is 23.2. The van der Waals surface area contributed by atoms with Gasteiger partial charge in [0.05, 0.1) is 9.95 Å². The first kappa shape index (κ1) is 14.9. The van der Waals surface area contributed by atoms with Gasteiger partial charge in [-0.1, -0.05) is 18.5 Å². The van der Waals surface area contributed by atoms with Gasteiger partial charge >= 0.3 is 0 Å². The van der Waals surface area contributed by atoms with E-state index in [1.165, 1.54) is 12.1 Å². The third-order valence-corrected chi connectivity index (χ3v) is 3.36. The van der Waals surface area contributed by atoms with E-state index in [1.807, 2.05) is 13.8 Å². The van der Waals surface area contributed by atoms with Gasteiger partial charge in [0, 0.05) is 31.3 Å². The number of benzene rings is 1. The van der Waals surface area contributed by atoms with E-state index in [2.05, 4.69) is 5.32 Å². The molecule has 2 N–H and O–H groups in total. The Balaban J connectivity index is 2.66. The summed E-state index contributed by atoms with van der Waals surface area (Å²) in [5.74, 6) is 0.141. The van der Waals surface area contributed by atoms with E-state index in [0.717, 1.165) is 5.56 Å². The fourth-order valence-electron chi connectivity index (χ4n) is 1.42. The number of non-ortho nitro benzene ring substituents is 1. The molecule has 1 rings (SSSR count). The van der Waals surface area contributed by atoms with Crippen molar-refractivity contribution in [2.45, 2.75) is 26.4 Å². The van der Waals surface area contributed by atoms with Gasteiger partial charge in [0.15, 0.2) is 0 Å². The van der Waals surface area contributed by atoms with E-state index >= 15 is 0 Å². The van der Waals surface area contributed by atoms with Crippen LogP contribution in [0.2, 0.25) is 5.02 Å². The number of aliphatic hydroxyl groups is 1. The molecule has 100 valence electrons. The Hall–Kier alpha value is -1.17. The van der Waals surface area contributed by atoms with Gasteiger partial charge in [-0.15, -0.1) is 0 Å². The van der Waals surface area contributed by atoms with Crippen LogP contribution in [0, 0.1) is 16.0 Å². The van der Waals surface area contributed by atoms with Crippen LogP contribution in [0.25, 0.3) is 0 Å². The predicted molar refractivity (Wildman–Crippen MR) is 70.7 cm³/mol. The Morgan fingerprint density at radius 3 is 2.67 bits per heavy atom. The fraction of sp³-hybridized carbons (Fsp3) is 0.500. The van der Waals surface area contributed by atoms with Crippen LogP contribution in [-0.2, 0) is 6.54 Å². The van der Waals surface area contributed by atoms with Gasteiger partial charge in [0.2, 0.25) is 0 Å². The second-order valence-electron chi connectivity index (χ2n) is 4.36. The molecule has 0 aliphatic heterocycles. The molecule has 0 aliphatic carbocycles. The maximum atomic E-state index is 10.6. The molecule has 2 atom stereocenters. The lowest BCUT2D eigenvalue weighted by Crippen LogP contribution is -2.33. The predicted octanol–water partition coefficient (Wildman–Crippen LogP) is 2.35. The van der Waals surface area contributed by atoms with Crippen LogP contribution in [0.5, 0.6) is 0 Å². The number of nitrogens with one attached hydrogen (secondary N) is 1.